The van der Waals surface area contributed by atoms with Crippen LogP contribution in [0.5, 0.6) is 0 Å². The average Bonchev–Trinajstić information content (AvgIpc) is 3.52. The maximum atomic E-state index is 15.5. The van der Waals surface area contributed by atoms with Crippen molar-refractivity contribution >= 4 is 49.5 Å². The predicted octanol–water partition coefficient (Wildman–Crippen LogP) is 5.14. The second kappa shape index (κ2) is 9.24. The number of rotatable bonds is 6. The summed E-state index contributed by atoms with van der Waals surface area (Å²) in [6.07, 6.45) is 2.83. The number of nitrogens with zero attached hydrogens (tertiary/aromatic N) is 2. The highest BCUT2D eigenvalue weighted by Gasteiger charge is 2.26. The Hall–Kier alpha value is -5.17. The van der Waals surface area contributed by atoms with Gasteiger partial charge in [-0.25, -0.2) is 31.6 Å². The van der Waals surface area contributed by atoms with Gasteiger partial charge >= 0.3 is 0 Å². The van der Waals surface area contributed by atoms with Crippen molar-refractivity contribution in [3.63, 3.8) is 0 Å². The average molecular weight is 563 g/mol. The monoisotopic (exact) mass is 562 g/mol. The van der Waals surface area contributed by atoms with Gasteiger partial charge < -0.3 is 15.7 Å². The molecule has 13 heteroatoms. The number of aromatic amines is 2. The first-order valence-corrected chi connectivity index (χ1v) is 13.1. The topological polar surface area (TPSA) is 147 Å². The summed E-state index contributed by atoms with van der Waals surface area (Å²) in [4.78, 5) is 27.2. The van der Waals surface area contributed by atoms with Crippen molar-refractivity contribution in [2.24, 2.45) is 0 Å². The fraction of sp³-hybridized carbons (Fsp3) is 0. The van der Waals surface area contributed by atoms with Crippen molar-refractivity contribution in [2.45, 2.75) is 4.90 Å². The molecule has 3 aromatic carbocycles. The van der Waals surface area contributed by atoms with E-state index in [0.29, 0.717) is 22.3 Å². The summed E-state index contributed by atoms with van der Waals surface area (Å²) < 4.78 is 71.2. The lowest BCUT2D eigenvalue weighted by molar-refractivity contribution is 0.103. The second-order valence-electron chi connectivity index (χ2n) is 8.85. The van der Waals surface area contributed by atoms with E-state index in [1.165, 1.54) is 12.3 Å². The maximum absolute atomic E-state index is 15.5. The van der Waals surface area contributed by atoms with Crippen LogP contribution in [0.3, 0.4) is 0 Å². The number of hydrogen-bond donors (Lipinski definition) is 4. The van der Waals surface area contributed by atoms with E-state index in [-0.39, 0.29) is 16.9 Å². The van der Waals surface area contributed by atoms with E-state index in [9.17, 15) is 22.0 Å². The van der Waals surface area contributed by atoms with Crippen molar-refractivity contribution in [3.05, 3.63) is 102 Å². The highest BCUT2D eigenvalue weighted by Crippen LogP contribution is 2.31. The first-order chi connectivity index (χ1) is 19.1. The zero-order valence-electron chi connectivity index (χ0n) is 20.2. The Morgan fingerprint density at radius 3 is 2.60 bits per heavy atom. The molecule has 200 valence electrons. The van der Waals surface area contributed by atoms with Gasteiger partial charge in [-0.3, -0.25) is 9.52 Å². The first kappa shape index (κ1) is 25.1. The minimum Gasteiger partial charge on any atom is -0.369 e. The molecule has 0 fully saturated rings. The first-order valence-electron chi connectivity index (χ1n) is 11.6. The standard InChI is InChI=1S/C27H17F3N6O3S/c28-15-2-1-3-16(10-15)40(38,39)36-21-7-5-19(29)23(24(21)30)25(37)18-12-33-26-17(18)8-14(11-32-26)13-4-6-20-22(9-13)35-27(31)34-20/h1-12,36H,(H,32,33)(H3,31,34,35). The Morgan fingerprint density at radius 2 is 1.80 bits per heavy atom. The molecule has 0 unspecified atom stereocenters. The van der Waals surface area contributed by atoms with Gasteiger partial charge in [0.25, 0.3) is 10.0 Å². The number of pyridine rings is 1. The van der Waals surface area contributed by atoms with Crippen molar-refractivity contribution < 1.29 is 26.4 Å². The fourth-order valence-electron chi connectivity index (χ4n) is 4.37. The van der Waals surface area contributed by atoms with Crippen molar-refractivity contribution in [1.29, 1.82) is 0 Å². The van der Waals surface area contributed by atoms with E-state index in [2.05, 4.69) is 19.9 Å². The third-order valence-electron chi connectivity index (χ3n) is 6.28. The van der Waals surface area contributed by atoms with Gasteiger partial charge in [-0.2, -0.15) is 0 Å². The summed E-state index contributed by atoms with van der Waals surface area (Å²) in [5.41, 5.74) is 6.92. The number of halogens is 3. The highest BCUT2D eigenvalue weighted by atomic mass is 32.2. The lowest BCUT2D eigenvalue weighted by Gasteiger charge is -2.12. The van der Waals surface area contributed by atoms with Gasteiger partial charge in [0.2, 0.25) is 5.78 Å². The molecule has 0 aliphatic heterocycles. The number of hydrogen-bond acceptors (Lipinski definition) is 6. The summed E-state index contributed by atoms with van der Waals surface area (Å²) in [5.74, 6) is -4.23. The van der Waals surface area contributed by atoms with E-state index in [1.54, 1.807) is 30.5 Å². The number of imidazole rings is 1. The number of ketones is 1. The zero-order valence-corrected chi connectivity index (χ0v) is 21.0. The van der Waals surface area contributed by atoms with Crippen LogP contribution in [0.2, 0.25) is 0 Å². The molecule has 0 saturated carbocycles. The molecule has 9 nitrogen and oxygen atoms in total. The molecule has 40 heavy (non-hydrogen) atoms. The van der Waals surface area contributed by atoms with Crippen LogP contribution in [0.25, 0.3) is 33.2 Å². The van der Waals surface area contributed by atoms with Crippen molar-refractivity contribution in [3.8, 4) is 11.1 Å². The van der Waals surface area contributed by atoms with E-state index in [0.717, 1.165) is 35.8 Å². The Morgan fingerprint density at radius 1 is 0.975 bits per heavy atom. The lowest BCUT2D eigenvalue weighted by atomic mass is 9.99. The Balaban J connectivity index is 1.39. The third kappa shape index (κ3) is 4.31. The van der Waals surface area contributed by atoms with Crippen LogP contribution in [-0.2, 0) is 10.0 Å². The quantitative estimate of drug-likeness (QED) is 0.207. The van der Waals surface area contributed by atoms with E-state index in [1.807, 2.05) is 4.72 Å². The predicted molar refractivity (Wildman–Crippen MR) is 143 cm³/mol. The van der Waals surface area contributed by atoms with Crippen molar-refractivity contribution in [2.75, 3.05) is 10.5 Å². The molecule has 5 N–H and O–H groups in total. The zero-order chi connectivity index (χ0) is 28.2. The van der Waals surface area contributed by atoms with Crippen LogP contribution in [0.4, 0.5) is 24.8 Å². The van der Waals surface area contributed by atoms with E-state index < -0.39 is 49.4 Å². The van der Waals surface area contributed by atoms with Crippen LogP contribution in [0, 0.1) is 17.5 Å². The smallest absolute Gasteiger partial charge is 0.262 e. The number of H-pyrrole nitrogens is 2. The number of nitrogens with two attached hydrogens (primary N) is 1. The fourth-order valence-corrected chi connectivity index (χ4v) is 5.46. The van der Waals surface area contributed by atoms with Crippen LogP contribution < -0.4 is 10.5 Å². The van der Waals surface area contributed by atoms with Gasteiger partial charge in [0.05, 0.1) is 27.2 Å². The lowest BCUT2D eigenvalue weighted by Crippen LogP contribution is -2.16. The van der Waals surface area contributed by atoms with Crippen LogP contribution in [-0.4, -0.2) is 34.1 Å². The molecular weight excluding hydrogens is 545 g/mol. The molecule has 6 rings (SSSR count). The summed E-state index contributed by atoms with van der Waals surface area (Å²) in [6.45, 7) is 0. The summed E-state index contributed by atoms with van der Waals surface area (Å²) >= 11 is 0. The molecule has 0 atom stereocenters. The number of anilines is 2. The molecule has 6 aromatic rings. The number of nitrogen functional groups attached to an aromatic ring is 1. The highest BCUT2D eigenvalue weighted by molar-refractivity contribution is 7.92. The van der Waals surface area contributed by atoms with Crippen LogP contribution in [0.15, 0.2) is 78.0 Å². The Labute approximate surface area is 223 Å². The Kier molecular flexibility index (Phi) is 5.80. The van der Waals surface area contributed by atoms with Gasteiger partial charge in [0.15, 0.2) is 11.8 Å². The number of sulfonamides is 1. The summed E-state index contributed by atoms with van der Waals surface area (Å²) in [7, 11) is -4.45. The van der Waals surface area contributed by atoms with Crippen LogP contribution >= 0.6 is 0 Å². The van der Waals surface area contributed by atoms with Crippen LogP contribution in [0.1, 0.15) is 15.9 Å². The normalized spacial score (nSPS) is 11.8. The van der Waals surface area contributed by atoms with Gasteiger partial charge in [0.1, 0.15) is 17.3 Å². The number of fused-ring (bicyclic) bond motifs is 2. The van der Waals surface area contributed by atoms with Gasteiger partial charge in [-0.1, -0.05) is 12.1 Å². The number of carbonyl (C=O) groups excluding carboxylic acids is 1. The molecular formula is C27H17F3N6O3S. The van der Waals surface area contributed by atoms with Gasteiger partial charge in [-0.15, -0.1) is 0 Å². The third-order valence-corrected chi connectivity index (χ3v) is 7.64. The molecule has 0 bridgehead atoms. The minimum absolute atomic E-state index is 0.0858. The number of nitrogens with one attached hydrogen (secondary N) is 3. The molecule has 3 aromatic heterocycles. The molecule has 0 amide bonds. The molecule has 0 aliphatic carbocycles. The van der Waals surface area contributed by atoms with Gasteiger partial charge in [-0.05, 0) is 54.1 Å². The summed E-state index contributed by atoms with van der Waals surface area (Å²) in [5, 5.41) is 0.286. The number of carbonyl (C=O) groups is 1. The van der Waals surface area contributed by atoms with Crippen molar-refractivity contribution in [1.82, 2.24) is 19.9 Å². The number of benzene rings is 3. The van der Waals surface area contributed by atoms with E-state index >= 15 is 4.39 Å². The largest absolute Gasteiger partial charge is 0.369 e. The number of aromatic nitrogens is 4. The van der Waals surface area contributed by atoms with Gasteiger partial charge in [0, 0.05) is 28.9 Å². The SMILES string of the molecule is Nc1nc2cc(-c3cnc4[nH]cc(C(=O)c5c(F)ccc(NS(=O)(=O)c6cccc(F)c6)c5F)c4c3)ccc2[nH]1. The molecule has 0 aliphatic rings. The Bertz CT molecular complexity index is 2090. The second-order valence-corrected chi connectivity index (χ2v) is 10.5. The molecule has 0 radical (unpaired) electrons. The summed E-state index contributed by atoms with van der Waals surface area (Å²) in [6, 6.07) is 12.6. The molecule has 0 saturated heterocycles. The minimum atomic E-state index is -4.45. The van der Waals surface area contributed by atoms with E-state index in [4.69, 9.17) is 5.73 Å². The molecule has 0 spiro atoms. The maximum Gasteiger partial charge on any atom is 0.262 e. The molecule has 3 heterocycles.